The third-order valence-corrected chi connectivity index (χ3v) is 4.89. The van der Waals surface area contributed by atoms with Crippen molar-refractivity contribution in [3.05, 3.63) is 77.9 Å². The van der Waals surface area contributed by atoms with Crippen molar-refractivity contribution in [2.24, 2.45) is 0 Å². The largest absolute Gasteiger partial charge is 0.497 e. The molecule has 0 saturated carbocycles. The number of alkyl carbamates (subject to hydrolysis) is 2. The van der Waals surface area contributed by atoms with Gasteiger partial charge < -0.3 is 24.8 Å². The molecule has 0 aliphatic carbocycles. The number of rotatable bonds is 9. The number of hydrogen-bond donors (Lipinski definition) is 2. The Hall–Kier alpha value is -3.48. The SMILES string of the molecule is COc1ccc(C[C@@H](/C=C/[C@H](Cc2ccccc2)NC(=O)OC(C)(C)C)NC(=O)OC(C)(C)C)cc1. The van der Waals surface area contributed by atoms with Crippen LogP contribution in [0.4, 0.5) is 9.59 Å². The van der Waals surface area contributed by atoms with Gasteiger partial charge in [0.15, 0.2) is 0 Å². The Kier molecular flexibility index (Phi) is 10.4. The number of carbonyl (C=O) groups is 2. The van der Waals surface area contributed by atoms with Crippen LogP contribution in [0.1, 0.15) is 52.7 Å². The van der Waals surface area contributed by atoms with Gasteiger partial charge in [-0.25, -0.2) is 9.59 Å². The Labute approximate surface area is 215 Å². The van der Waals surface area contributed by atoms with Crippen molar-refractivity contribution in [2.75, 3.05) is 7.11 Å². The third-order valence-electron chi connectivity index (χ3n) is 4.89. The molecule has 0 aliphatic heterocycles. The van der Waals surface area contributed by atoms with Crippen LogP contribution in [0.5, 0.6) is 5.75 Å². The second kappa shape index (κ2) is 13.0. The van der Waals surface area contributed by atoms with Crippen molar-refractivity contribution in [2.45, 2.75) is 77.7 Å². The lowest BCUT2D eigenvalue weighted by molar-refractivity contribution is 0.0499. The summed E-state index contributed by atoms with van der Waals surface area (Å²) < 4.78 is 16.2. The number of benzene rings is 2. The van der Waals surface area contributed by atoms with Crippen LogP contribution in [0.15, 0.2) is 66.7 Å². The zero-order chi connectivity index (χ0) is 26.8. The van der Waals surface area contributed by atoms with Gasteiger partial charge in [0.2, 0.25) is 0 Å². The normalized spacial score (nSPS) is 13.5. The van der Waals surface area contributed by atoms with Crippen LogP contribution in [0, 0.1) is 0 Å². The molecule has 7 heteroatoms. The highest BCUT2D eigenvalue weighted by atomic mass is 16.6. The van der Waals surface area contributed by atoms with Crippen molar-refractivity contribution in [1.82, 2.24) is 10.6 Å². The predicted octanol–water partition coefficient (Wildman–Crippen LogP) is 5.82. The van der Waals surface area contributed by atoms with Gasteiger partial charge in [0.05, 0.1) is 19.2 Å². The molecule has 0 spiro atoms. The van der Waals surface area contributed by atoms with E-state index in [2.05, 4.69) is 10.6 Å². The number of amides is 2. The number of methoxy groups -OCH3 is 1. The standard InChI is InChI=1S/C29H40N2O5/c1-28(2,3)35-26(32)30-23(19-21-11-9-8-10-12-21)15-16-24(31-27(33)36-29(4,5)6)20-22-13-17-25(34-7)18-14-22/h8-18,23-24H,19-20H2,1-7H3,(H,30,32)(H,31,33)/b16-15+/t23-,24-/m1/s1. The Morgan fingerprint density at radius 2 is 1.14 bits per heavy atom. The Balaban J connectivity index is 2.24. The monoisotopic (exact) mass is 496 g/mol. The molecule has 2 aromatic carbocycles. The maximum Gasteiger partial charge on any atom is 0.408 e. The molecule has 0 unspecified atom stereocenters. The van der Waals surface area contributed by atoms with E-state index in [1.54, 1.807) is 7.11 Å². The molecule has 0 bridgehead atoms. The zero-order valence-corrected chi connectivity index (χ0v) is 22.5. The molecule has 36 heavy (non-hydrogen) atoms. The number of hydrogen-bond acceptors (Lipinski definition) is 5. The Bertz CT molecular complexity index is 989. The van der Waals surface area contributed by atoms with Gasteiger partial charge in [0.25, 0.3) is 0 Å². The molecule has 0 aliphatic rings. The maximum absolute atomic E-state index is 12.6. The minimum absolute atomic E-state index is 0.346. The summed E-state index contributed by atoms with van der Waals surface area (Å²) in [5.74, 6) is 0.760. The highest BCUT2D eigenvalue weighted by Crippen LogP contribution is 2.15. The minimum atomic E-state index is -0.618. The van der Waals surface area contributed by atoms with Crippen LogP contribution in [0.2, 0.25) is 0 Å². The summed E-state index contributed by atoms with van der Waals surface area (Å²) in [6.45, 7) is 10.9. The molecule has 2 aromatic rings. The van der Waals surface area contributed by atoms with E-state index in [1.165, 1.54) is 0 Å². The van der Waals surface area contributed by atoms with E-state index < -0.39 is 23.4 Å². The lowest BCUT2D eigenvalue weighted by Gasteiger charge is -2.24. The minimum Gasteiger partial charge on any atom is -0.497 e. The molecule has 2 atom stereocenters. The van der Waals surface area contributed by atoms with Crippen LogP contribution in [0.3, 0.4) is 0 Å². The van der Waals surface area contributed by atoms with E-state index in [-0.39, 0.29) is 12.1 Å². The van der Waals surface area contributed by atoms with Crippen molar-refractivity contribution in [1.29, 1.82) is 0 Å². The van der Waals surface area contributed by atoms with E-state index in [4.69, 9.17) is 14.2 Å². The summed E-state index contributed by atoms with van der Waals surface area (Å²) >= 11 is 0. The molecule has 0 radical (unpaired) electrons. The molecule has 0 aromatic heterocycles. The Morgan fingerprint density at radius 1 is 0.722 bits per heavy atom. The highest BCUT2D eigenvalue weighted by molar-refractivity contribution is 5.69. The van der Waals surface area contributed by atoms with Gasteiger partial charge in [-0.15, -0.1) is 0 Å². The van der Waals surface area contributed by atoms with Gasteiger partial charge in [0.1, 0.15) is 17.0 Å². The van der Waals surface area contributed by atoms with E-state index >= 15 is 0 Å². The highest BCUT2D eigenvalue weighted by Gasteiger charge is 2.21. The molecule has 7 nitrogen and oxygen atoms in total. The van der Waals surface area contributed by atoms with Crippen LogP contribution in [-0.4, -0.2) is 42.6 Å². The molecule has 2 N–H and O–H groups in total. The third kappa shape index (κ3) is 11.8. The van der Waals surface area contributed by atoms with Gasteiger partial charge >= 0.3 is 12.2 Å². The summed E-state index contributed by atoms with van der Waals surface area (Å²) in [7, 11) is 1.62. The average molecular weight is 497 g/mol. The zero-order valence-electron chi connectivity index (χ0n) is 22.5. The molecule has 0 saturated heterocycles. The number of nitrogens with one attached hydrogen (secondary N) is 2. The van der Waals surface area contributed by atoms with Gasteiger partial charge in [0, 0.05) is 0 Å². The van der Waals surface area contributed by atoms with E-state index in [0.717, 1.165) is 16.9 Å². The number of carbonyl (C=O) groups excluding carboxylic acids is 2. The summed E-state index contributed by atoms with van der Waals surface area (Å²) in [6.07, 6.45) is 3.87. The van der Waals surface area contributed by atoms with Gasteiger partial charge in [-0.05, 0) is 77.6 Å². The van der Waals surface area contributed by atoms with Crippen LogP contribution in [0.25, 0.3) is 0 Å². The fourth-order valence-corrected chi connectivity index (χ4v) is 3.40. The van der Waals surface area contributed by atoms with E-state index in [0.29, 0.717) is 12.8 Å². The van der Waals surface area contributed by atoms with Gasteiger partial charge in [-0.3, -0.25) is 0 Å². The second-order valence-corrected chi connectivity index (χ2v) is 10.6. The fourth-order valence-electron chi connectivity index (χ4n) is 3.40. The van der Waals surface area contributed by atoms with Crippen molar-refractivity contribution in [3.8, 4) is 5.75 Å². The van der Waals surface area contributed by atoms with Crippen molar-refractivity contribution in [3.63, 3.8) is 0 Å². The molecular formula is C29H40N2O5. The first-order chi connectivity index (χ1) is 16.8. The van der Waals surface area contributed by atoms with E-state index in [9.17, 15) is 9.59 Å². The molecule has 2 rings (SSSR count). The average Bonchev–Trinajstić information content (AvgIpc) is 2.76. The van der Waals surface area contributed by atoms with Crippen molar-refractivity contribution < 1.29 is 23.8 Å². The first-order valence-corrected chi connectivity index (χ1v) is 12.2. The van der Waals surface area contributed by atoms with Crippen LogP contribution < -0.4 is 15.4 Å². The molecule has 0 fully saturated rings. The van der Waals surface area contributed by atoms with Gasteiger partial charge in [-0.1, -0.05) is 54.6 Å². The summed E-state index contributed by atoms with van der Waals surface area (Å²) in [4.78, 5) is 25.1. The van der Waals surface area contributed by atoms with E-state index in [1.807, 2.05) is 108 Å². The second-order valence-electron chi connectivity index (χ2n) is 10.6. The molecule has 0 heterocycles. The number of ether oxygens (including phenoxy) is 3. The van der Waals surface area contributed by atoms with Crippen molar-refractivity contribution >= 4 is 12.2 Å². The summed E-state index contributed by atoms with van der Waals surface area (Å²) in [6, 6.07) is 16.8. The summed E-state index contributed by atoms with van der Waals surface area (Å²) in [5.41, 5.74) is 0.851. The Morgan fingerprint density at radius 3 is 1.53 bits per heavy atom. The smallest absolute Gasteiger partial charge is 0.408 e. The maximum atomic E-state index is 12.6. The quantitative estimate of drug-likeness (QED) is 0.427. The lowest BCUT2D eigenvalue weighted by Crippen LogP contribution is -2.41. The van der Waals surface area contributed by atoms with Crippen LogP contribution >= 0.6 is 0 Å². The molecule has 2 amide bonds. The topological polar surface area (TPSA) is 85.9 Å². The van der Waals surface area contributed by atoms with Crippen LogP contribution in [-0.2, 0) is 22.3 Å². The van der Waals surface area contributed by atoms with Gasteiger partial charge in [-0.2, -0.15) is 0 Å². The molecular weight excluding hydrogens is 456 g/mol. The first kappa shape index (κ1) is 28.8. The first-order valence-electron chi connectivity index (χ1n) is 12.2. The lowest BCUT2D eigenvalue weighted by atomic mass is 10.0. The summed E-state index contributed by atoms with van der Waals surface area (Å²) in [5, 5.41) is 5.88. The predicted molar refractivity (Wildman–Crippen MR) is 142 cm³/mol. The fraction of sp³-hybridized carbons (Fsp3) is 0.448. The molecule has 196 valence electrons.